The van der Waals surface area contributed by atoms with Gasteiger partial charge >= 0.3 is 39.5 Å². The quantitative estimate of drug-likeness (QED) is 0.0169. The molecule has 0 radical (unpaired) electrons. The van der Waals surface area contributed by atoms with Crippen molar-refractivity contribution in [2.24, 2.45) is 0 Å². The van der Waals surface area contributed by atoms with Gasteiger partial charge in [-0.25, -0.2) is 9.13 Å². The van der Waals surface area contributed by atoms with Gasteiger partial charge in [0.15, 0.2) is 12.2 Å². The minimum Gasteiger partial charge on any atom is -0.462 e. The first-order valence-electron chi connectivity index (χ1n) is 33.5. The molecule has 0 aliphatic heterocycles. The van der Waals surface area contributed by atoms with Crippen molar-refractivity contribution in [1.82, 2.24) is 0 Å². The van der Waals surface area contributed by atoms with Crippen LogP contribution in [-0.2, 0) is 65.4 Å². The molecule has 5 atom stereocenters. The summed E-state index contributed by atoms with van der Waals surface area (Å²) in [5.74, 6) is -2.26. The highest BCUT2D eigenvalue weighted by Gasteiger charge is 2.30. The number of phosphoric acid groups is 2. The standard InChI is InChI=1S/C67H120O17P2/c1-5-9-12-15-18-21-24-27-30-33-36-39-42-45-48-52-65(70)78-58-63(84-67(72)54-50-47-44-41-38-35-32-29-26-23-20-17-14-11-7-3)60-82-86(75,76)80-56-61(68)55-79-85(73,74)81-59-62(57-77-64(69)51-8-4)83-66(71)53-49-46-43-40-37-34-31-28-25-22-19-16-13-10-6-2/h18-19,21-22,27-32,61-63,68H,5-17,20,23-26,33-60H2,1-4H3,(H,73,74)(H,75,76)/b21-18+,22-19-,30-27+,31-28+,32-29+/t61-,62+,63+/m0/s1. The zero-order chi connectivity index (χ0) is 63.3. The molecule has 0 aromatic heterocycles. The van der Waals surface area contributed by atoms with Crippen molar-refractivity contribution in [2.45, 2.75) is 303 Å². The molecule has 3 N–H and O–H groups in total. The summed E-state index contributed by atoms with van der Waals surface area (Å²) in [6.07, 6.45) is 55.8. The molecule has 0 amide bonds. The number of aliphatic hydroxyl groups is 1. The van der Waals surface area contributed by atoms with Gasteiger partial charge in [-0.05, 0) is 116 Å². The second-order valence-corrected chi connectivity index (χ2v) is 25.3. The highest BCUT2D eigenvalue weighted by molar-refractivity contribution is 7.47. The number of hydrogen-bond acceptors (Lipinski definition) is 15. The highest BCUT2D eigenvalue weighted by Crippen LogP contribution is 2.45. The van der Waals surface area contributed by atoms with Crippen molar-refractivity contribution in [3.63, 3.8) is 0 Å². The molecule has 0 fully saturated rings. The summed E-state index contributed by atoms with van der Waals surface area (Å²) in [5.41, 5.74) is 0. The average Bonchev–Trinajstić information content (AvgIpc) is 3.51. The number of hydrogen-bond donors (Lipinski definition) is 3. The fourth-order valence-corrected chi connectivity index (χ4v) is 10.4. The summed E-state index contributed by atoms with van der Waals surface area (Å²) >= 11 is 0. The molecule has 500 valence electrons. The molecule has 0 aromatic carbocycles. The Morgan fingerprint density at radius 2 is 0.593 bits per heavy atom. The molecule has 0 aliphatic carbocycles. The fourth-order valence-electron chi connectivity index (χ4n) is 8.78. The van der Waals surface area contributed by atoms with Crippen LogP contribution in [0.2, 0.25) is 0 Å². The number of unbranched alkanes of at least 4 members (excludes halogenated alkanes) is 27. The molecule has 0 saturated carbocycles. The molecule has 86 heavy (non-hydrogen) atoms. The monoisotopic (exact) mass is 1260 g/mol. The average molecular weight is 1260 g/mol. The van der Waals surface area contributed by atoms with Gasteiger partial charge < -0.3 is 33.8 Å². The topological polar surface area (TPSA) is 237 Å². The number of esters is 4. The summed E-state index contributed by atoms with van der Waals surface area (Å²) < 4.78 is 67.4. The van der Waals surface area contributed by atoms with Gasteiger partial charge in [0.1, 0.15) is 19.3 Å². The van der Waals surface area contributed by atoms with E-state index in [0.717, 1.165) is 128 Å². The van der Waals surface area contributed by atoms with Crippen molar-refractivity contribution in [1.29, 1.82) is 0 Å². The van der Waals surface area contributed by atoms with E-state index in [0.29, 0.717) is 25.7 Å². The number of rotatable bonds is 63. The summed E-state index contributed by atoms with van der Waals surface area (Å²) in [6, 6.07) is 0. The van der Waals surface area contributed by atoms with Crippen LogP contribution in [0.1, 0.15) is 285 Å². The maximum atomic E-state index is 13.0. The third-order valence-electron chi connectivity index (χ3n) is 13.9. The lowest BCUT2D eigenvalue weighted by atomic mass is 10.1. The number of phosphoric ester groups is 2. The van der Waals surface area contributed by atoms with Gasteiger partial charge in [-0.15, -0.1) is 0 Å². The van der Waals surface area contributed by atoms with Crippen LogP contribution in [0.4, 0.5) is 0 Å². The number of ether oxygens (including phenoxy) is 4. The SMILES string of the molecule is CCCCC/C=C\C/C=C/CCCCCCCC(=O)O[C@H](COC(=O)CCC)COP(=O)(O)OC[C@H](O)COP(=O)(O)OC[C@@H](COC(=O)CCCCCCC/C=C/C/C=C/CCCCC)OC(=O)CCCCCCC/C=C/CCCCCCCC. The molecular formula is C67H120O17P2. The number of carbonyl (C=O) groups is 4. The molecule has 2 unspecified atom stereocenters. The maximum absolute atomic E-state index is 13.0. The number of carbonyl (C=O) groups excluding carboxylic acids is 4. The van der Waals surface area contributed by atoms with Crippen LogP contribution in [0.25, 0.3) is 0 Å². The van der Waals surface area contributed by atoms with Crippen LogP contribution < -0.4 is 0 Å². The lowest BCUT2D eigenvalue weighted by Gasteiger charge is -2.21. The summed E-state index contributed by atoms with van der Waals surface area (Å²) in [7, 11) is -9.90. The first-order valence-corrected chi connectivity index (χ1v) is 36.5. The summed E-state index contributed by atoms with van der Waals surface area (Å²) in [6.45, 7) is 4.36. The molecule has 0 rings (SSSR count). The van der Waals surface area contributed by atoms with E-state index in [1.165, 1.54) is 77.0 Å². The van der Waals surface area contributed by atoms with E-state index >= 15 is 0 Å². The van der Waals surface area contributed by atoms with Crippen LogP contribution in [0.15, 0.2) is 60.8 Å². The first kappa shape index (κ1) is 82.8. The zero-order valence-electron chi connectivity index (χ0n) is 54.0. The van der Waals surface area contributed by atoms with Crippen LogP contribution >= 0.6 is 15.6 Å². The molecule has 0 aromatic rings. The molecule has 0 aliphatic rings. The van der Waals surface area contributed by atoms with Gasteiger partial charge in [-0.3, -0.25) is 37.3 Å². The van der Waals surface area contributed by atoms with Crippen LogP contribution in [-0.4, -0.2) is 96.7 Å². The van der Waals surface area contributed by atoms with E-state index in [1.54, 1.807) is 6.92 Å². The molecule has 17 nitrogen and oxygen atoms in total. The van der Waals surface area contributed by atoms with Crippen molar-refractivity contribution >= 4 is 39.5 Å². The van der Waals surface area contributed by atoms with Crippen molar-refractivity contribution in [3.05, 3.63) is 60.8 Å². The Kier molecular flexibility index (Phi) is 58.4. The van der Waals surface area contributed by atoms with Crippen molar-refractivity contribution in [3.8, 4) is 0 Å². The molecule has 0 saturated heterocycles. The van der Waals surface area contributed by atoms with E-state index in [4.69, 9.17) is 37.0 Å². The Labute approximate surface area is 520 Å². The van der Waals surface area contributed by atoms with E-state index in [2.05, 4.69) is 81.5 Å². The molecule has 19 heteroatoms. The zero-order valence-corrected chi connectivity index (χ0v) is 55.8. The summed E-state index contributed by atoms with van der Waals surface area (Å²) in [5, 5.41) is 10.5. The van der Waals surface area contributed by atoms with Crippen LogP contribution in [0.5, 0.6) is 0 Å². The van der Waals surface area contributed by atoms with Gasteiger partial charge in [-0.1, -0.05) is 204 Å². The molecule has 0 spiro atoms. The van der Waals surface area contributed by atoms with Gasteiger partial charge in [0.25, 0.3) is 0 Å². The van der Waals surface area contributed by atoms with Gasteiger partial charge in [0.2, 0.25) is 0 Å². The van der Waals surface area contributed by atoms with Gasteiger partial charge in [0.05, 0.1) is 26.4 Å². The number of allylic oxidation sites excluding steroid dienone is 10. The van der Waals surface area contributed by atoms with Crippen LogP contribution in [0, 0.1) is 0 Å². The van der Waals surface area contributed by atoms with E-state index in [1.807, 2.05) is 0 Å². The maximum Gasteiger partial charge on any atom is 0.472 e. The second-order valence-electron chi connectivity index (χ2n) is 22.4. The highest BCUT2D eigenvalue weighted by atomic mass is 31.2. The smallest absolute Gasteiger partial charge is 0.462 e. The predicted molar refractivity (Wildman–Crippen MR) is 344 cm³/mol. The molecule has 0 bridgehead atoms. The van der Waals surface area contributed by atoms with Crippen molar-refractivity contribution < 1.29 is 80.2 Å². The Morgan fingerprint density at radius 3 is 0.942 bits per heavy atom. The number of aliphatic hydroxyl groups excluding tert-OH is 1. The third kappa shape index (κ3) is 59.7. The van der Waals surface area contributed by atoms with E-state index in [-0.39, 0.29) is 25.7 Å². The lowest BCUT2D eigenvalue weighted by molar-refractivity contribution is -0.161. The minimum absolute atomic E-state index is 0.0798. The molecular weight excluding hydrogens is 1140 g/mol. The molecule has 0 heterocycles. The summed E-state index contributed by atoms with van der Waals surface area (Å²) in [4.78, 5) is 71.4. The normalized spacial score (nSPS) is 14.5. The Hall–Kier alpha value is -3.24. The first-order chi connectivity index (χ1) is 41.7. The lowest BCUT2D eigenvalue weighted by Crippen LogP contribution is -2.30. The van der Waals surface area contributed by atoms with Gasteiger partial charge in [0, 0.05) is 25.7 Å². The Balaban J connectivity index is 5.10. The second kappa shape index (κ2) is 60.7. The minimum atomic E-state index is -4.96. The van der Waals surface area contributed by atoms with Crippen LogP contribution in [0.3, 0.4) is 0 Å². The predicted octanol–water partition coefficient (Wildman–Crippen LogP) is 18.0. The van der Waals surface area contributed by atoms with E-state index in [9.17, 15) is 43.2 Å². The Bertz CT molecular complexity index is 1890. The Morgan fingerprint density at radius 1 is 0.326 bits per heavy atom. The van der Waals surface area contributed by atoms with Gasteiger partial charge in [-0.2, -0.15) is 0 Å². The van der Waals surface area contributed by atoms with E-state index < -0.39 is 97.5 Å². The fraction of sp³-hybridized carbons (Fsp3) is 0.791. The largest absolute Gasteiger partial charge is 0.472 e. The third-order valence-corrected chi connectivity index (χ3v) is 15.8. The van der Waals surface area contributed by atoms with Crippen molar-refractivity contribution in [2.75, 3.05) is 39.6 Å².